The standard InChI is InChI=1S/C16H10FN7S/c17-11-6-2-1-5-10(11)15-21-24-14(19-20-16(24)25-15)9-23-13-8-4-3-7-12(13)18-22-23/h1-8H,9H2. The summed E-state index contributed by atoms with van der Waals surface area (Å²) in [6.45, 7) is 0.377. The third-order valence-corrected chi connectivity index (χ3v) is 4.80. The normalized spacial score (nSPS) is 11.6. The van der Waals surface area contributed by atoms with Crippen LogP contribution in [0.5, 0.6) is 0 Å². The molecule has 5 rings (SSSR count). The van der Waals surface area contributed by atoms with Crippen molar-refractivity contribution in [3.63, 3.8) is 0 Å². The Labute approximate surface area is 144 Å². The van der Waals surface area contributed by atoms with Crippen molar-refractivity contribution in [2.45, 2.75) is 6.54 Å². The zero-order chi connectivity index (χ0) is 16.8. The third kappa shape index (κ3) is 2.28. The molecule has 0 atom stereocenters. The number of rotatable bonds is 3. The number of aromatic nitrogens is 7. The molecule has 0 amide bonds. The summed E-state index contributed by atoms with van der Waals surface area (Å²) in [5.41, 5.74) is 2.17. The summed E-state index contributed by atoms with van der Waals surface area (Å²) >= 11 is 1.29. The summed E-state index contributed by atoms with van der Waals surface area (Å²) in [5, 5.41) is 21.6. The second-order valence-corrected chi connectivity index (χ2v) is 6.39. The van der Waals surface area contributed by atoms with Gasteiger partial charge >= 0.3 is 0 Å². The van der Waals surface area contributed by atoms with E-state index < -0.39 is 0 Å². The van der Waals surface area contributed by atoms with Crippen LogP contribution in [0.1, 0.15) is 5.82 Å². The lowest BCUT2D eigenvalue weighted by Gasteiger charge is -1.99. The number of para-hydroxylation sites is 1. The predicted molar refractivity (Wildman–Crippen MR) is 90.7 cm³/mol. The maximum atomic E-state index is 14.0. The molecule has 0 aliphatic carbocycles. The SMILES string of the molecule is Fc1ccccc1-c1nn2c(Cn3nnc4ccccc43)nnc2s1. The van der Waals surface area contributed by atoms with Crippen molar-refractivity contribution in [1.82, 2.24) is 34.8 Å². The molecule has 122 valence electrons. The first kappa shape index (κ1) is 14.2. The summed E-state index contributed by atoms with van der Waals surface area (Å²) < 4.78 is 17.4. The Hall–Kier alpha value is -3.20. The van der Waals surface area contributed by atoms with Crippen LogP contribution in [0.25, 0.3) is 26.6 Å². The molecule has 0 saturated heterocycles. The van der Waals surface area contributed by atoms with E-state index in [-0.39, 0.29) is 5.82 Å². The Morgan fingerprint density at radius 3 is 2.72 bits per heavy atom. The molecule has 0 unspecified atom stereocenters. The first-order valence-corrected chi connectivity index (χ1v) is 8.35. The number of hydrogen-bond donors (Lipinski definition) is 0. The van der Waals surface area contributed by atoms with Crippen LogP contribution in [-0.2, 0) is 6.54 Å². The molecule has 3 heterocycles. The Bertz CT molecular complexity index is 1210. The van der Waals surface area contributed by atoms with Crippen molar-refractivity contribution in [2.24, 2.45) is 0 Å². The van der Waals surface area contributed by atoms with Crippen LogP contribution in [0.2, 0.25) is 0 Å². The van der Waals surface area contributed by atoms with Crippen LogP contribution < -0.4 is 0 Å². The largest absolute Gasteiger partial charge is 0.237 e. The monoisotopic (exact) mass is 351 g/mol. The number of nitrogens with zero attached hydrogens (tertiary/aromatic N) is 7. The molecule has 0 N–H and O–H groups in total. The number of fused-ring (bicyclic) bond motifs is 2. The van der Waals surface area contributed by atoms with Crippen LogP contribution in [0, 0.1) is 5.82 Å². The molecule has 3 aromatic heterocycles. The van der Waals surface area contributed by atoms with E-state index in [0.717, 1.165) is 11.0 Å². The van der Waals surface area contributed by atoms with Gasteiger partial charge in [-0.25, -0.2) is 9.07 Å². The van der Waals surface area contributed by atoms with Gasteiger partial charge in [0.1, 0.15) is 17.9 Å². The predicted octanol–water partition coefficient (Wildman–Crippen LogP) is 2.78. The molecular weight excluding hydrogens is 341 g/mol. The second kappa shape index (κ2) is 5.42. The van der Waals surface area contributed by atoms with Crippen LogP contribution in [0.15, 0.2) is 48.5 Å². The molecule has 2 aromatic carbocycles. The Balaban J connectivity index is 1.57. The first-order valence-electron chi connectivity index (χ1n) is 7.54. The van der Waals surface area contributed by atoms with Gasteiger partial charge in [0.05, 0.1) is 5.52 Å². The average Bonchev–Trinajstić information content (AvgIpc) is 3.32. The van der Waals surface area contributed by atoms with Crippen molar-refractivity contribution >= 4 is 27.3 Å². The van der Waals surface area contributed by atoms with E-state index >= 15 is 0 Å². The summed E-state index contributed by atoms with van der Waals surface area (Å²) in [5.74, 6) is 0.306. The smallest absolute Gasteiger partial charge is 0.235 e. The van der Waals surface area contributed by atoms with Crippen molar-refractivity contribution in [3.8, 4) is 10.6 Å². The minimum atomic E-state index is -0.309. The van der Waals surface area contributed by atoms with Crippen LogP contribution >= 0.6 is 11.3 Å². The van der Waals surface area contributed by atoms with Gasteiger partial charge in [0, 0.05) is 5.56 Å². The average molecular weight is 351 g/mol. The van der Waals surface area contributed by atoms with E-state index in [2.05, 4.69) is 25.6 Å². The van der Waals surface area contributed by atoms with Crippen molar-refractivity contribution in [1.29, 1.82) is 0 Å². The molecular formula is C16H10FN7S. The molecule has 0 aliphatic heterocycles. The van der Waals surface area contributed by atoms with Gasteiger partial charge in [0.2, 0.25) is 4.96 Å². The fraction of sp³-hybridized carbons (Fsp3) is 0.0625. The summed E-state index contributed by atoms with van der Waals surface area (Å²) in [7, 11) is 0. The molecule has 9 heteroatoms. The summed E-state index contributed by atoms with van der Waals surface area (Å²) in [6, 6.07) is 14.2. The molecule has 0 aliphatic rings. The van der Waals surface area contributed by atoms with Gasteiger partial charge in [-0.15, -0.1) is 15.3 Å². The van der Waals surface area contributed by atoms with Gasteiger partial charge in [0.25, 0.3) is 0 Å². The highest BCUT2D eigenvalue weighted by atomic mass is 32.1. The maximum Gasteiger partial charge on any atom is 0.235 e. The quantitative estimate of drug-likeness (QED) is 0.500. The molecule has 0 bridgehead atoms. The van der Waals surface area contributed by atoms with Gasteiger partial charge in [-0.05, 0) is 24.3 Å². The lowest BCUT2D eigenvalue weighted by Crippen LogP contribution is -2.06. The topological polar surface area (TPSA) is 73.8 Å². The fourth-order valence-corrected chi connectivity index (χ4v) is 3.55. The molecule has 0 fully saturated rings. The van der Waals surface area contributed by atoms with E-state index in [1.54, 1.807) is 27.4 Å². The minimum Gasteiger partial charge on any atom is -0.237 e. The molecule has 7 nitrogen and oxygen atoms in total. The van der Waals surface area contributed by atoms with Gasteiger partial charge < -0.3 is 0 Å². The molecule has 5 aromatic rings. The lowest BCUT2D eigenvalue weighted by atomic mass is 10.2. The summed E-state index contributed by atoms with van der Waals surface area (Å²) in [6.07, 6.45) is 0. The third-order valence-electron chi connectivity index (χ3n) is 3.87. The highest BCUT2D eigenvalue weighted by Crippen LogP contribution is 2.27. The molecule has 0 spiro atoms. The van der Waals surface area contributed by atoms with Crippen molar-refractivity contribution in [2.75, 3.05) is 0 Å². The van der Waals surface area contributed by atoms with Crippen LogP contribution in [0.4, 0.5) is 4.39 Å². The van der Waals surface area contributed by atoms with E-state index in [4.69, 9.17) is 0 Å². The zero-order valence-electron chi connectivity index (χ0n) is 12.7. The number of benzene rings is 2. The highest BCUT2D eigenvalue weighted by Gasteiger charge is 2.16. The Morgan fingerprint density at radius 1 is 0.960 bits per heavy atom. The van der Waals surface area contributed by atoms with Crippen molar-refractivity contribution < 1.29 is 4.39 Å². The fourth-order valence-electron chi connectivity index (χ4n) is 2.67. The van der Waals surface area contributed by atoms with E-state index in [0.29, 0.717) is 27.9 Å². The number of hydrogen-bond acceptors (Lipinski definition) is 6. The first-order chi connectivity index (χ1) is 12.3. The second-order valence-electron chi connectivity index (χ2n) is 5.43. The maximum absolute atomic E-state index is 14.0. The highest BCUT2D eigenvalue weighted by molar-refractivity contribution is 7.19. The van der Waals surface area contributed by atoms with Gasteiger partial charge in [-0.1, -0.05) is 40.8 Å². The Kier molecular flexibility index (Phi) is 3.07. The molecule has 25 heavy (non-hydrogen) atoms. The Morgan fingerprint density at radius 2 is 1.80 bits per heavy atom. The minimum absolute atomic E-state index is 0.309. The lowest BCUT2D eigenvalue weighted by molar-refractivity contribution is 0.625. The van der Waals surface area contributed by atoms with E-state index in [1.807, 2.05) is 24.3 Å². The van der Waals surface area contributed by atoms with E-state index in [9.17, 15) is 4.39 Å². The van der Waals surface area contributed by atoms with Gasteiger partial charge in [-0.3, -0.25) is 0 Å². The van der Waals surface area contributed by atoms with Crippen LogP contribution in [0.3, 0.4) is 0 Å². The number of halogens is 1. The van der Waals surface area contributed by atoms with Crippen LogP contribution in [-0.4, -0.2) is 34.8 Å². The zero-order valence-corrected chi connectivity index (χ0v) is 13.6. The van der Waals surface area contributed by atoms with Gasteiger partial charge in [0.15, 0.2) is 10.8 Å². The summed E-state index contributed by atoms with van der Waals surface area (Å²) in [4.78, 5) is 0.609. The van der Waals surface area contributed by atoms with E-state index in [1.165, 1.54) is 17.4 Å². The molecule has 0 saturated carbocycles. The van der Waals surface area contributed by atoms with Gasteiger partial charge in [-0.2, -0.15) is 9.61 Å². The van der Waals surface area contributed by atoms with Crippen molar-refractivity contribution in [3.05, 3.63) is 60.2 Å². The molecule has 0 radical (unpaired) electrons.